The van der Waals surface area contributed by atoms with Gasteiger partial charge in [0.25, 0.3) is 0 Å². The number of carboxylic acid groups (broad SMARTS) is 1. The first-order chi connectivity index (χ1) is 14.5. The van der Waals surface area contributed by atoms with E-state index < -0.39 is 11.6 Å². The van der Waals surface area contributed by atoms with Crippen LogP contribution in [-0.4, -0.2) is 57.8 Å². The molecule has 1 unspecified atom stereocenters. The Hall–Kier alpha value is -2.89. The van der Waals surface area contributed by atoms with Crippen molar-refractivity contribution in [2.45, 2.75) is 31.3 Å². The third-order valence-corrected chi connectivity index (χ3v) is 6.02. The number of rotatable bonds is 4. The fraction of sp³-hybridized carbons (Fsp3) is 0.429. The zero-order valence-electron chi connectivity index (χ0n) is 16.5. The number of carbonyl (C=O) groups is 1. The van der Waals surface area contributed by atoms with E-state index in [1.807, 2.05) is 30.3 Å². The summed E-state index contributed by atoms with van der Waals surface area (Å²) < 4.78 is 0. The van der Waals surface area contributed by atoms with Crippen LogP contribution in [-0.2, 0) is 19.4 Å². The Balaban J connectivity index is 1.74. The first kappa shape index (κ1) is 20.4. The van der Waals surface area contributed by atoms with Gasteiger partial charge in [0.15, 0.2) is 0 Å². The Morgan fingerprint density at radius 3 is 2.83 bits per heavy atom. The van der Waals surface area contributed by atoms with Gasteiger partial charge in [-0.25, -0.2) is 14.8 Å². The summed E-state index contributed by atoms with van der Waals surface area (Å²) in [5, 5.41) is 23.0. The maximum atomic E-state index is 12.1. The fourth-order valence-corrected chi connectivity index (χ4v) is 4.70. The third-order valence-electron chi connectivity index (χ3n) is 5.85. The van der Waals surface area contributed by atoms with Crippen LogP contribution in [0, 0.1) is 11.3 Å². The molecule has 0 saturated carbocycles. The van der Waals surface area contributed by atoms with Crippen LogP contribution >= 0.6 is 11.6 Å². The van der Waals surface area contributed by atoms with Crippen LogP contribution in [0.5, 0.6) is 0 Å². The average Bonchev–Trinajstić information content (AvgIpc) is 2.73. The molecule has 0 radical (unpaired) electrons. The Labute approximate surface area is 180 Å². The lowest BCUT2D eigenvalue weighted by Gasteiger charge is -2.49. The first-order valence-electron chi connectivity index (χ1n) is 9.95. The normalized spacial score (nSPS) is 21.1. The number of halogens is 1. The molecular formula is C21H23ClN6O2. The standard InChI is InChI=1S/C21H23ClN6O2/c22-19-25-17-13-24-9-6-16(17)18(26-19)27-10-11-28(20(29)30)21(14-27,7-8-23)12-15-4-2-1-3-5-15/h1-5,24H,6-7,9-14H2,(H,29,30). The van der Waals surface area contributed by atoms with Gasteiger partial charge in [0, 0.05) is 31.7 Å². The number of hydrogen-bond acceptors (Lipinski definition) is 6. The Morgan fingerprint density at radius 1 is 1.30 bits per heavy atom. The molecule has 3 heterocycles. The van der Waals surface area contributed by atoms with Crippen LogP contribution in [0.2, 0.25) is 5.28 Å². The van der Waals surface area contributed by atoms with E-state index in [1.54, 1.807) is 0 Å². The van der Waals surface area contributed by atoms with Crippen LogP contribution in [0.3, 0.4) is 0 Å². The molecule has 1 amide bonds. The number of nitrogens with zero attached hydrogens (tertiary/aromatic N) is 5. The minimum atomic E-state index is -1.01. The minimum absolute atomic E-state index is 0.0905. The summed E-state index contributed by atoms with van der Waals surface area (Å²) >= 11 is 6.21. The van der Waals surface area contributed by atoms with Gasteiger partial charge in [0.2, 0.25) is 5.28 Å². The van der Waals surface area contributed by atoms with E-state index >= 15 is 0 Å². The summed E-state index contributed by atoms with van der Waals surface area (Å²) in [6.07, 6.45) is 0.318. The molecule has 0 aliphatic carbocycles. The zero-order chi connectivity index (χ0) is 21.1. The summed E-state index contributed by atoms with van der Waals surface area (Å²) in [5.74, 6) is 0.756. The molecule has 8 nitrogen and oxygen atoms in total. The summed E-state index contributed by atoms with van der Waals surface area (Å²) in [4.78, 5) is 24.5. The van der Waals surface area contributed by atoms with Crippen molar-refractivity contribution < 1.29 is 9.90 Å². The van der Waals surface area contributed by atoms with E-state index in [2.05, 4.69) is 26.3 Å². The van der Waals surface area contributed by atoms with Gasteiger partial charge < -0.3 is 15.3 Å². The van der Waals surface area contributed by atoms with Gasteiger partial charge in [0.1, 0.15) is 5.82 Å². The van der Waals surface area contributed by atoms with Crippen molar-refractivity contribution >= 4 is 23.5 Å². The molecule has 1 fully saturated rings. The second-order valence-corrected chi connectivity index (χ2v) is 8.08. The number of anilines is 1. The molecule has 2 aliphatic rings. The van der Waals surface area contributed by atoms with E-state index in [0.29, 0.717) is 32.6 Å². The number of amides is 1. The van der Waals surface area contributed by atoms with Gasteiger partial charge in [-0.15, -0.1) is 0 Å². The molecule has 156 valence electrons. The number of piperazine rings is 1. The van der Waals surface area contributed by atoms with E-state index in [9.17, 15) is 15.2 Å². The van der Waals surface area contributed by atoms with Crippen molar-refractivity contribution in [3.8, 4) is 6.07 Å². The average molecular weight is 427 g/mol. The van der Waals surface area contributed by atoms with Gasteiger partial charge in [0.05, 0.1) is 23.7 Å². The van der Waals surface area contributed by atoms with Gasteiger partial charge in [-0.05, 0) is 36.6 Å². The van der Waals surface area contributed by atoms with Crippen molar-refractivity contribution in [2.75, 3.05) is 31.1 Å². The highest BCUT2D eigenvalue weighted by Gasteiger charge is 2.45. The summed E-state index contributed by atoms with van der Waals surface area (Å²) in [5.41, 5.74) is 2.04. The number of fused-ring (bicyclic) bond motifs is 1. The lowest BCUT2D eigenvalue weighted by atomic mass is 9.83. The Bertz CT molecular complexity index is 979. The highest BCUT2D eigenvalue weighted by atomic mass is 35.5. The van der Waals surface area contributed by atoms with Crippen LogP contribution in [0.4, 0.5) is 10.6 Å². The molecule has 1 aromatic heterocycles. The second kappa shape index (κ2) is 8.46. The number of nitriles is 1. The van der Waals surface area contributed by atoms with Crippen molar-refractivity contribution in [3.05, 3.63) is 52.4 Å². The Kier molecular flexibility index (Phi) is 5.75. The fourth-order valence-electron chi connectivity index (χ4n) is 4.52. The van der Waals surface area contributed by atoms with Crippen LogP contribution < -0.4 is 10.2 Å². The predicted molar refractivity (Wildman–Crippen MR) is 113 cm³/mol. The summed E-state index contributed by atoms with van der Waals surface area (Å²) in [6, 6.07) is 11.9. The van der Waals surface area contributed by atoms with E-state index in [0.717, 1.165) is 35.6 Å². The van der Waals surface area contributed by atoms with Crippen LogP contribution in [0.1, 0.15) is 23.2 Å². The molecule has 2 aliphatic heterocycles. The molecule has 30 heavy (non-hydrogen) atoms. The van der Waals surface area contributed by atoms with Crippen LogP contribution in [0.25, 0.3) is 0 Å². The number of aromatic nitrogens is 2. The lowest BCUT2D eigenvalue weighted by Crippen LogP contribution is -2.65. The molecule has 9 heteroatoms. The third kappa shape index (κ3) is 3.91. The minimum Gasteiger partial charge on any atom is -0.465 e. The van der Waals surface area contributed by atoms with Crippen molar-refractivity contribution in [2.24, 2.45) is 0 Å². The number of hydrogen-bond donors (Lipinski definition) is 2. The molecule has 4 rings (SSSR count). The predicted octanol–water partition coefficient (Wildman–Crippen LogP) is 2.47. The second-order valence-electron chi connectivity index (χ2n) is 7.75. The first-order valence-corrected chi connectivity index (χ1v) is 10.3. The molecular weight excluding hydrogens is 404 g/mol. The SMILES string of the molecule is N#CCC1(Cc2ccccc2)CN(c2nc(Cl)nc3c2CCNC3)CCN1C(=O)O. The number of benzene rings is 1. The van der Waals surface area contributed by atoms with E-state index in [1.165, 1.54) is 4.90 Å². The molecule has 1 saturated heterocycles. The molecule has 0 bridgehead atoms. The van der Waals surface area contributed by atoms with E-state index in [-0.39, 0.29) is 11.7 Å². The Morgan fingerprint density at radius 2 is 2.10 bits per heavy atom. The molecule has 1 atom stereocenters. The van der Waals surface area contributed by atoms with Crippen molar-refractivity contribution in [1.82, 2.24) is 20.2 Å². The quantitative estimate of drug-likeness (QED) is 0.723. The van der Waals surface area contributed by atoms with Gasteiger partial charge in [-0.3, -0.25) is 4.90 Å². The zero-order valence-corrected chi connectivity index (χ0v) is 17.3. The highest BCUT2D eigenvalue weighted by molar-refractivity contribution is 6.28. The molecule has 1 aromatic carbocycles. The summed E-state index contributed by atoms with van der Waals surface area (Å²) in [6.45, 7) is 2.61. The van der Waals surface area contributed by atoms with Crippen LogP contribution in [0.15, 0.2) is 30.3 Å². The highest BCUT2D eigenvalue weighted by Crippen LogP contribution is 2.34. The van der Waals surface area contributed by atoms with E-state index in [4.69, 9.17) is 11.6 Å². The topological polar surface area (TPSA) is 105 Å². The molecule has 2 N–H and O–H groups in total. The molecule has 0 spiro atoms. The largest absolute Gasteiger partial charge is 0.465 e. The van der Waals surface area contributed by atoms with Crippen molar-refractivity contribution in [3.63, 3.8) is 0 Å². The van der Waals surface area contributed by atoms with Gasteiger partial charge in [-0.1, -0.05) is 30.3 Å². The number of nitrogens with one attached hydrogen (secondary N) is 1. The maximum Gasteiger partial charge on any atom is 0.407 e. The molecule has 2 aromatic rings. The smallest absolute Gasteiger partial charge is 0.407 e. The monoisotopic (exact) mass is 426 g/mol. The van der Waals surface area contributed by atoms with Crippen molar-refractivity contribution in [1.29, 1.82) is 5.26 Å². The summed E-state index contributed by atoms with van der Waals surface area (Å²) in [7, 11) is 0. The van der Waals surface area contributed by atoms with Gasteiger partial charge in [-0.2, -0.15) is 5.26 Å². The van der Waals surface area contributed by atoms with Gasteiger partial charge >= 0.3 is 6.09 Å². The maximum absolute atomic E-state index is 12.1. The lowest BCUT2D eigenvalue weighted by molar-refractivity contribution is 0.0669.